The van der Waals surface area contributed by atoms with E-state index in [4.69, 9.17) is 14.9 Å². The third-order valence-electron chi connectivity index (χ3n) is 4.50. The predicted octanol–water partition coefficient (Wildman–Crippen LogP) is 4.88. The number of carbonyl (C=O) groups is 1. The highest BCUT2D eigenvalue weighted by Gasteiger charge is 2.29. The van der Waals surface area contributed by atoms with Gasteiger partial charge in [0.2, 0.25) is 0 Å². The maximum atomic E-state index is 13.2. The van der Waals surface area contributed by atoms with Gasteiger partial charge in [0.1, 0.15) is 22.7 Å². The average molecular weight is 339 g/mol. The summed E-state index contributed by atoms with van der Waals surface area (Å²) in [7, 11) is 0. The fraction of sp³-hybridized carbons (Fsp3) is 0.250. The molecule has 0 saturated heterocycles. The van der Waals surface area contributed by atoms with E-state index in [1.54, 1.807) is 25.1 Å². The van der Waals surface area contributed by atoms with Gasteiger partial charge in [-0.05, 0) is 61.6 Å². The highest BCUT2D eigenvalue weighted by molar-refractivity contribution is 6.09. The van der Waals surface area contributed by atoms with Crippen LogP contribution in [0, 0.1) is 5.82 Å². The first-order chi connectivity index (χ1) is 12.1. The molecular weight excluding hydrogens is 321 g/mol. The van der Waals surface area contributed by atoms with E-state index in [2.05, 4.69) is 0 Å². The van der Waals surface area contributed by atoms with Gasteiger partial charge in [0.05, 0.1) is 6.61 Å². The Morgan fingerprint density at radius 1 is 1.28 bits per heavy atom. The van der Waals surface area contributed by atoms with Gasteiger partial charge in [0, 0.05) is 22.7 Å². The molecule has 0 unspecified atom stereocenters. The number of halogens is 1. The smallest absolute Gasteiger partial charge is 0.342 e. The van der Waals surface area contributed by atoms with Crippen LogP contribution in [-0.2, 0) is 4.74 Å². The molecule has 0 radical (unpaired) electrons. The maximum Gasteiger partial charge on any atom is 0.342 e. The van der Waals surface area contributed by atoms with Crippen molar-refractivity contribution >= 4 is 22.6 Å². The minimum Gasteiger partial charge on any atom is -0.462 e. The van der Waals surface area contributed by atoms with Crippen molar-refractivity contribution in [1.82, 2.24) is 0 Å². The second-order valence-electron chi connectivity index (χ2n) is 6.29. The molecule has 5 heteroatoms. The molecule has 0 aliphatic heterocycles. The Balaban J connectivity index is 1.95. The number of benzene rings is 2. The van der Waals surface area contributed by atoms with Crippen LogP contribution in [0.15, 0.2) is 40.8 Å². The number of fused-ring (bicyclic) bond motifs is 1. The lowest BCUT2D eigenvalue weighted by Crippen LogP contribution is -2.05. The Bertz CT molecular complexity index is 955. The molecule has 3 aromatic rings. The van der Waals surface area contributed by atoms with Crippen LogP contribution in [0.2, 0.25) is 0 Å². The van der Waals surface area contributed by atoms with Gasteiger partial charge in [-0.15, -0.1) is 0 Å². The van der Waals surface area contributed by atoms with Gasteiger partial charge in [0.15, 0.2) is 0 Å². The molecule has 1 fully saturated rings. The van der Waals surface area contributed by atoms with Crippen molar-refractivity contribution < 1.29 is 18.3 Å². The van der Waals surface area contributed by atoms with Crippen LogP contribution in [0.3, 0.4) is 0 Å². The van der Waals surface area contributed by atoms with E-state index in [0.717, 1.165) is 18.4 Å². The van der Waals surface area contributed by atoms with Crippen molar-refractivity contribution in [1.29, 1.82) is 0 Å². The van der Waals surface area contributed by atoms with Gasteiger partial charge in [0.25, 0.3) is 0 Å². The number of hydrogen-bond donors (Lipinski definition) is 1. The first-order valence-corrected chi connectivity index (χ1v) is 8.37. The summed E-state index contributed by atoms with van der Waals surface area (Å²) in [5, 5.41) is 0.689. The van der Waals surface area contributed by atoms with Crippen molar-refractivity contribution in [2.45, 2.75) is 25.7 Å². The molecule has 0 spiro atoms. The highest BCUT2D eigenvalue weighted by atomic mass is 19.1. The number of nitrogens with two attached hydrogens (primary N) is 1. The summed E-state index contributed by atoms with van der Waals surface area (Å²) in [6.07, 6.45) is 2.21. The number of hydrogen-bond acceptors (Lipinski definition) is 4. The first kappa shape index (κ1) is 15.7. The maximum absolute atomic E-state index is 13.2. The number of nitrogen functional groups attached to an aromatic ring is 1. The minimum absolute atomic E-state index is 0.263. The summed E-state index contributed by atoms with van der Waals surface area (Å²) in [5.41, 5.74) is 9.39. The van der Waals surface area contributed by atoms with Crippen molar-refractivity contribution in [2.75, 3.05) is 12.3 Å². The zero-order chi connectivity index (χ0) is 17.6. The van der Waals surface area contributed by atoms with E-state index in [0.29, 0.717) is 39.5 Å². The van der Waals surface area contributed by atoms with Gasteiger partial charge in [-0.25, -0.2) is 9.18 Å². The molecule has 0 bridgehead atoms. The minimum atomic E-state index is -0.452. The molecule has 25 heavy (non-hydrogen) atoms. The van der Waals surface area contributed by atoms with Gasteiger partial charge in [-0.1, -0.05) is 0 Å². The third-order valence-corrected chi connectivity index (χ3v) is 4.50. The van der Waals surface area contributed by atoms with Gasteiger partial charge in [-0.2, -0.15) is 0 Å². The van der Waals surface area contributed by atoms with Gasteiger partial charge >= 0.3 is 5.97 Å². The zero-order valence-corrected chi connectivity index (χ0v) is 13.8. The van der Waals surface area contributed by atoms with Crippen LogP contribution in [0.5, 0.6) is 0 Å². The number of anilines is 1. The van der Waals surface area contributed by atoms with Crippen LogP contribution in [0.4, 0.5) is 10.1 Å². The molecular formula is C20H18FNO3. The topological polar surface area (TPSA) is 65.5 Å². The summed E-state index contributed by atoms with van der Waals surface area (Å²) < 4.78 is 24.4. The number of carbonyl (C=O) groups excluding carboxylic acids is 1. The molecule has 4 rings (SSSR count). The van der Waals surface area contributed by atoms with Crippen molar-refractivity contribution in [3.63, 3.8) is 0 Å². The second kappa shape index (κ2) is 5.92. The summed E-state index contributed by atoms with van der Waals surface area (Å²) in [6, 6.07) is 9.54. The molecule has 1 saturated carbocycles. The molecule has 0 atom stereocenters. The molecule has 0 amide bonds. The summed E-state index contributed by atoms with van der Waals surface area (Å²) in [4.78, 5) is 12.6. The Labute approximate surface area is 144 Å². The van der Waals surface area contributed by atoms with Crippen LogP contribution in [0.1, 0.15) is 41.6 Å². The lowest BCUT2D eigenvalue weighted by molar-refractivity contribution is 0.0529. The Hall–Kier alpha value is -2.82. The Morgan fingerprint density at radius 3 is 2.64 bits per heavy atom. The lowest BCUT2D eigenvalue weighted by Gasteiger charge is -2.05. The normalized spacial score (nSPS) is 14.0. The van der Waals surface area contributed by atoms with E-state index in [9.17, 15) is 9.18 Å². The van der Waals surface area contributed by atoms with Crippen LogP contribution in [0.25, 0.3) is 22.3 Å². The van der Waals surface area contributed by atoms with Gasteiger partial charge in [-0.3, -0.25) is 0 Å². The molecule has 1 aromatic heterocycles. The van der Waals surface area contributed by atoms with E-state index in [1.165, 1.54) is 12.1 Å². The SMILES string of the molecule is CCOC(=O)c1c(-c2ccc(F)cc2)oc2cc(N)c(C3CC3)cc12. The summed E-state index contributed by atoms with van der Waals surface area (Å²) >= 11 is 0. The summed E-state index contributed by atoms with van der Waals surface area (Å²) in [5.74, 6) is 0.0225. The molecule has 2 aromatic carbocycles. The van der Waals surface area contributed by atoms with E-state index >= 15 is 0 Å². The molecule has 4 nitrogen and oxygen atoms in total. The van der Waals surface area contributed by atoms with Crippen LogP contribution in [-0.4, -0.2) is 12.6 Å². The highest BCUT2D eigenvalue weighted by Crippen LogP contribution is 2.45. The van der Waals surface area contributed by atoms with E-state index in [-0.39, 0.29) is 12.4 Å². The van der Waals surface area contributed by atoms with E-state index in [1.807, 2.05) is 6.07 Å². The number of rotatable bonds is 4. The molecule has 2 N–H and O–H groups in total. The molecule has 1 aliphatic carbocycles. The van der Waals surface area contributed by atoms with Gasteiger partial charge < -0.3 is 14.9 Å². The fourth-order valence-electron chi connectivity index (χ4n) is 3.13. The van der Waals surface area contributed by atoms with Crippen molar-refractivity contribution in [3.05, 3.63) is 53.3 Å². The number of esters is 1. The lowest BCUT2D eigenvalue weighted by atomic mass is 10.0. The molecule has 128 valence electrons. The Kier molecular flexibility index (Phi) is 3.71. The molecule has 1 aliphatic rings. The van der Waals surface area contributed by atoms with Crippen molar-refractivity contribution in [3.8, 4) is 11.3 Å². The monoisotopic (exact) mass is 339 g/mol. The predicted molar refractivity (Wildman–Crippen MR) is 94.0 cm³/mol. The number of furan rings is 1. The molecule has 1 heterocycles. The average Bonchev–Trinajstić information content (AvgIpc) is 3.36. The second-order valence-corrected chi connectivity index (χ2v) is 6.29. The zero-order valence-electron chi connectivity index (χ0n) is 13.8. The van der Waals surface area contributed by atoms with Crippen LogP contribution < -0.4 is 5.73 Å². The summed E-state index contributed by atoms with van der Waals surface area (Å²) in [6.45, 7) is 2.02. The van der Waals surface area contributed by atoms with E-state index < -0.39 is 5.97 Å². The Morgan fingerprint density at radius 2 is 2.00 bits per heavy atom. The van der Waals surface area contributed by atoms with Crippen molar-refractivity contribution in [2.24, 2.45) is 0 Å². The first-order valence-electron chi connectivity index (χ1n) is 8.37. The quantitative estimate of drug-likeness (QED) is 0.544. The fourth-order valence-corrected chi connectivity index (χ4v) is 3.13. The van der Waals surface area contributed by atoms with Crippen LogP contribution >= 0.6 is 0 Å². The standard InChI is InChI=1S/C20H18FNO3/c1-2-24-20(23)18-15-9-14(11-3-4-11)16(22)10-17(15)25-19(18)12-5-7-13(21)8-6-12/h5-11H,2-4,22H2,1H3. The third kappa shape index (κ3) is 2.76. The number of ether oxygens (including phenoxy) is 1. The largest absolute Gasteiger partial charge is 0.462 e.